The maximum Gasteiger partial charge on any atom is 0.324 e. The Kier molecular flexibility index (Phi) is 7.05. The number of hydrogen-bond acceptors (Lipinski definition) is 4. The SMILES string of the molecule is Cc1ccc(-n2nc(C(C)(C)C)cc2NC(=O)Nc2ccc(CN3CCNCC3)cc2C)cc1. The van der Waals surface area contributed by atoms with Crippen LogP contribution >= 0.6 is 0 Å². The zero-order valence-electron chi connectivity index (χ0n) is 20.9. The van der Waals surface area contributed by atoms with Crippen molar-refractivity contribution in [3.8, 4) is 5.69 Å². The van der Waals surface area contributed by atoms with Gasteiger partial charge in [0.05, 0.1) is 11.4 Å². The number of aryl methyl sites for hydroxylation is 2. The van der Waals surface area contributed by atoms with Crippen molar-refractivity contribution in [2.24, 2.45) is 0 Å². The van der Waals surface area contributed by atoms with Crippen LogP contribution in [0.2, 0.25) is 0 Å². The summed E-state index contributed by atoms with van der Waals surface area (Å²) in [7, 11) is 0. The number of aromatic nitrogens is 2. The lowest BCUT2D eigenvalue weighted by Crippen LogP contribution is -2.42. The third-order valence-corrected chi connectivity index (χ3v) is 6.15. The topological polar surface area (TPSA) is 74.2 Å². The Morgan fingerprint density at radius 1 is 1.00 bits per heavy atom. The zero-order chi connectivity index (χ0) is 24.3. The average Bonchev–Trinajstić information content (AvgIpc) is 3.21. The van der Waals surface area contributed by atoms with E-state index in [4.69, 9.17) is 5.10 Å². The average molecular weight is 461 g/mol. The fraction of sp³-hybridized carbons (Fsp3) is 0.407. The normalized spacial score (nSPS) is 14.7. The maximum absolute atomic E-state index is 13.0. The Hall–Kier alpha value is -3.16. The molecule has 0 bridgehead atoms. The Morgan fingerprint density at radius 3 is 2.35 bits per heavy atom. The number of piperazine rings is 1. The van der Waals surface area contributed by atoms with Gasteiger partial charge in [0.15, 0.2) is 0 Å². The van der Waals surface area contributed by atoms with Crippen LogP contribution in [0.15, 0.2) is 48.5 Å². The highest BCUT2D eigenvalue weighted by atomic mass is 16.2. The minimum atomic E-state index is -0.285. The Labute approximate surface area is 202 Å². The number of nitrogens with one attached hydrogen (secondary N) is 3. The Balaban J connectivity index is 1.49. The number of hydrogen-bond donors (Lipinski definition) is 3. The number of anilines is 2. The molecule has 34 heavy (non-hydrogen) atoms. The van der Waals surface area contributed by atoms with Crippen LogP contribution in [0.1, 0.15) is 43.2 Å². The number of carbonyl (C=O) groups excluding carboxylic acids is 1. The van der Waals surface area contributed by atoms with Gasteiger partial charge in [-0.3, -0.25) is 10.2 Å². The van der Waals surface area contributed by atoms with Crippen LogP contribution in [0.5, 0.6) is 0 Å². The summed E-state index contributed by atoms with van der Waals surface area (Å²) in [5.74, 6) is 0.638. The molecule has 1 aromatic heterocycles. The third-order valence-electron chi connectivity index (χ3n) is 6.15. The molecule has 0 spiro atoms. The lowest BCUT2D eigenvalue weighted by Gasteiger charge is -2.27. The lowest BCUT2D eigenvalue weighted by atomic mass is 9.92. The highest BCUT2D eigenvalue weighted by Gasteiger charge is 2.22. The van der Waals surface area contributed by atoms with E-state index in [0.29, 0.717) is 5.82 Å². The van der Waals surface area contributed by atoms with Crippen molar-refractivity contribution in [3.63, 3.8) is 0 Å². The van der Waals surface area contributed by atoms with E-state index in [1.807, 2.05) is 43.3 Å². The molecule has 0 radical (unpaired) electrons. The molecule has 0 saturated carbocycles. The van der Waals surface area contributed by atoms with Gasteiger partial charge in [0.25, 0.3) is 0 Å². The molecule has 2 amide bonds. The molecule has 1 fully saturated rings. The molecule has 3 N–H and O–H groups in total. The van der Waals surface area contributed by atoms with Crippen LogP contribution in [0.4, 0.5) is 16.3 Å². The highest BCUT2D eigenvalue weighted by Crippen LogP contribution is 2.27. The minimum absolute atomic E-state index is 0.139. The molecule has 2 heterocycles. The molecule has 7 heteroatoms. The van der Waals surface area contributed by atoms with Crippen LogP contribution < -0.4 is 16.0 Å². The summed E-state index contributed by atoms with van der Waals surface area (Å²) in [6.45, 7) is 15.6. The van der Waals surface area contributed by atoms with Crippen LogP contribution in [-0.2, 0) is 12.0 Å². The Bertz CT molecular complexity index is 1140. The van der Waals surface area contributed by atoms with E-state index in [9.17, 15) is 4.79 Å². The molecule has 180 valence electrons. The second-order valence-electron chi connectivity index (χ2n) is 10.2. The van der Waals surface area contributed by atoms with Crippen LogP contribution in [0, 0.1) is 13.8 Å². The van der Waals surface area contributed by atoms with E-state index in [2.05, 4.69) is 60.7 Å². The van der Waals surface area contributed by atoms with Crippen molar-refractivity contribution in [2.75, 3.05) is 36.8 Å². The van der Waals surface area contributed by atoms with E-state index >= 15 is 0 Å². The molecule has 2 aromatic carbocycles. The Morgan fingerprint density at radius 2 is 1.71 bits per heavy atom. The van der Waals surface area contributed by atoms with E-state index in [-0.39, 0.29) is 11.4 Å². The molecule has 0 atom stereocenters. The van der Waals surface area contributed by atoms with Gasteiger partial charge in [-0.05, 0) is 43.2 Å². The quantitative estimate of drug-likeness (QED) is 0.510. The van der Waals surface area contributed by atoms with Gasteiger partial charge in [0.1, 0.15) is 5.82 Å². The fourth-order valence-corrected chi connectivity index (χ4v) is 4.08. The van der Waals surface area contributed by atoms with Gasteiger partial charge in [0.2, 0.25) is 0 Å². The van der Waals surface area contributed by atoms with E-state index in [1.165, 1.54) is 11.1 Å². The summed E-state index contributed by atoms with van der Waals surface area (Å²) in [5, 5.41) is 14.2. The second kappa shape index (κ2) is 9.99. The third kappa shape index (κ3) is 5.85. The molecular weight excluding hydrogens is 424 g/mol. The van der Waals surface area contributed by atoms with Gasteiger partial charge >= 0.3 is 6.03 Å². The predicted molar refractivity (Wildman–Crippen MR) is 139 cm³/mol. The first-order valence-electron chi connectivity index (χ1n) is 12.0. The predicted octanol–water partition coefficient (Wildman–Crippen LogP) is 4.84. The van der Waals surface area contributed by atoms with Crippen molar-refractivity contribution in [3.05, 3.63) is 70.9 Å². The molecule has 0 aliphatic carbocycles. The molecule has 0 unspecified atom stereocenters. The minimum Gasteiger partial charge on any atom is -0.314 e. The van der Waals surface area contributed by atoms with Crippen LogP contribution in [0.3, 0.4) is 0 Å². The van der Waals surface area contributed by atoms with Gasteiger partial charge in [-0.15, -0.1) is 0 Å². The summed E-state index contributed by atoms with van der Waals surface area (Å²) >= 11 is 0. The maximum atomic E-state index is 13.0. The lowest BCUT2D eigenvalue weighted by molar-refractivity contribution is 0.233. The molecule has 1 saturated heterocycles. The molecule has 1 aliphatic heterocycles. The number of benzene rings is 2. The van der Waals surface area contributed by atoms with Gasteiger partial charge in [-0.25, -0.2) is 9.48 Å². The number of rotatable bonds is 5. The molecule has 4 rings (SSSR count). The van der Waals surface area contributed by atoms with Crippen molar-refractivity contribution in [1.82, 2.24) is 20.0 Å². The second-order valence-corrected chi connectivity index (χ2v) is 10.2. The summed E-state index contributed by atoms with van der Waals surface area (Å²) < 4.78 is 1.79. The first-order valence-corrected chi connectivity index (χ1v) is 12.0. The molecule has 1 aliphatic rings. The highest BCUT2D eigenvalue weighted by molar-refractivity contribution is 6.00. The largest absolute Gasteiger partial charge is 0.324 e. The van der Waals surface area contributed by atoms with Gasteiger partial charge < -0.3 is 10.6 Å². The number of nitrogens with zero attached hydrogens (tertiary/aromatic N) is 3. The summed E-state index contributed by atoms with van der Waals surface area (Å²) in [6, 6.07) is 16.0. The molecule has 3 aromatic rings. The van der Waals surface area contributed by atoms with E-state index in [0.717, 1.165) is 55.4 Å². The molecular formula is C27H36N6O. The van der Waals surface area contributed by atoms with Gasteiger partial charge in [-0.1, -0.05) is 50.6 Å². The van der Waals surface area contributed by atoms with Crippen LogP contribution in [0.25, 0.3) is 5.69 Å². The smallest absolute Gasteiger partial charge is 0.314 e. The van der Waals surface area contributed by atoms with Gasteiger partial charge in [-0.2, -0.15) is 5.10 Å². The monoisotopic (exact) mass is 460 g/mol. The first kappa shape index (κ1) is 24.0. The standard InChI is InChI=1S/C27H36N6O/c1-19-6-9-22(10-7-19)33-25(17-24(31-33)27(3,4)5)30-26(34)29-23-11-8-21(16-20(23)2)18-32-14-12-28-13-15-32/h6-11,16-17,28H,12-15,18H2,1-5H3,(H2,29,30,34). The van der Waals surface area contributed by atoms with Crippen molar-refractivity contribution >= 4 is 17.5 Å². The van der Waals surface area contributed by atoms with Crippen LogP contribution in [-0.4, -0.2) is 46.9 Å². The number of amides is 2. The summed E-state index contributed by atoms with van der Waals surface area (Å²) in [4.78, 5) is 15.4. The fourth-order valence-electron chi connectivity index (χ4n) is 4.08. The van der Waals surface area contributed by atoms with Crippen molar-refractivity contribution < 1.29 is 4.79 Å². The number of urea groups is 1. The molecule has 7 nitrogen and oxygen atoms in total. The van der Waals surface area contributed by atoms with Crippen molar-refractivity contribution in [2.45, 2.75) is 46.6 Å². The van der Waals surface area contributed by atoms with Gasteiger partial charge in [0, 0.05) is 49.9 Å². The summed E-state index contributed by atoms with van der Waals surface area (Å²) in [5.41, 5.74) is 5.97. The zero-order valence-corrected chi connectivity index (χ0v) is 20.9. The summed E-state index contributed by atoms with van der Waals surface area (Å²) in [6.07, 6.45) is 0. The first-order chi connectivity index (χ1) is 16.2. The van der Waals surface area contributed by atoms with E-state index in [1.54, 1.807) is 4.68 Å². The number of carbonyl (C=O) groups is 1. The van der Waals surface area contributed by atoms with E-state index < -0.39 is 0 Å². The van der Waals surface area contributed by atoms with Crippen molar-refractivity contribution in [1.29, 1.82) is 0 Å².